The van der Waals surface area contributed by atoms with Gasteiger partial charge in [0.25, 0.3) is 5.69 Å². The fourth-order valence-electron chi connectivity index (χ4n) is 2.75. The summed E-state index contributed by atoms with van der Waals surface area (Å²) in [6.07, 6.45) is 2.06. The molecule has 2 rings (SSSR count). The highest BCUT2D eigenvalue weighted by molar-refractivity contribution is 6.30. The number of esters is 1. The van der Waals surface area contributed by atoms with Gasteiger partial charge in [-0.2, -0.15) is 0 Å². The van der Waals surface area contributed by atoms with Gasteiger partial charge < -0.3 is 14.3 Å². The first-order valence-corrected chi connectivity index (χ1v) is 10.5. The van der Waals surface area contributed by atoms with E-state index in [0.29, 0.717) is 17.2 Å². The lowest BCUT2D eigenvalue weighted by molar-refractivity contribution is -0.385. The number of nitrogens with zero attached hydrogens (tertiary/aromatic N) is 2. The summed E-state index contributed by atoms with van der Waals surface area (Å²) in [7, 11) is 0. The summed E-state index contributed by atoms with van der Waals surface area (Å²) < 4.78 is 10.9. The number of carbonyl (C=O) groups excluding carboxylic acids is 2. The molecule has 0 aromatic heterocycles. The van der Waals surface area contributed by atoms with Gasteiger partial charge in [-0.25, -0.2) is 4.79 Å². The molecule has 0 aliphatic rings. The average Bonchev–Trinajstić information content (AvgIpc) is 2.78. The Hall–Kier alpha value is -3.43. The van der Waals surface area contributed by atoms with E-state index in [4.69, 9.17) is 25.9 Å². The van der Waals surface area contributed by atoms with Gasteiger partial charge in [-0.1, -0.05) is 24.6 Å². The maximum atomic E-state index is 12.9. The van der Waals surface area contributed by atoms with Gasteiger partial charge in [-0.15, -0.1) is 11.6 Å². The van der Waals surface area contributed by atoms with Crippen LogP contribution in [0.1, 0.15) is 36.2 Å². The number of ether oxygens (including phenoxy) is 2. The topological polar surface area (TPSA) is 108 Å². The number of nitro benzene ring substituents is 1. The molecule has 0 bridgehead atoms. The van der Waals surface area contributed by atoms with Crippen molar-refractivity contribution in [3.63, 3.8) is 0 Å². The number of rotatable bonds is 11. The van der Waals surface area contributed by atoms with Gasteiger partial charge in [0, 0.05) is 17.2 Å². The van der Waals surface area contributed by atoms with Crippen LogP contribution in [0.25, 0.3) is 0 Å². The zero-order valence-electron chi connectivity index (χ0n) is 18.6. The molecule has 0 heterocycles. The van der Waals surface area contributed by atoms with E-state index in [1.807, 2.05) is 6.92 Å². The lowest BCUT2D eigenvalue weighted by Crippen LogP contribution is -2.41. The number of hydrogen-bond donors (Lipinski definition) is 0. The maximum Gasteiger partial charge on any atom is 0.364 e. The summed E-state index contributed by atoms with van der Waals surface area (Å²) >= 11 is 5.96. The third-order valence-electron chi connectivity index (χ3n) is 4.48. The summed E-state index contributed by atoms with van der Waals surface area (Å²) in [5, 5.41) is 13.1. The molecule has 0 N–H and O–H groups in total. The van der Waals surface area contributed by atoms with Gasteiger partial charge in [0.2, 0.25) is 0 Å². The van der Waals surface area contributed by atoms with Crippen molar-refractivity contribution < 1.29 is 28.8 Å². The zero-order valence-corrected chi connectivity index (χ0v) is 19.3. The standard InChI is InChI=1S/C23H25ClN2O7/c1-5-11-25(16(4)22(27)31-12-6-2)33-23(28)19-14-18(8-9-20(19)26(29)30)32-21-10-7-17(24)13-15(21)3/h5,7-10,13-14,16H,1,6,11-12H2,2-4H3. The Balaban J connectivity index is 2.31. The third kappa shape index (κ3) is 7.03. The average molecular weight is 477 g/mol. The van der Waals surface area contributed by atoms with E-state index in [9.17, 15) is 19.7 Å². The highest BCUT2D eigenvalue weighted by atomic mass is 35.5. The van der Waals surface area contributed by atoms with Crippen LogP contribution in [0.2, 0.25) is 5.02 Å². The first-order chi connectivity index (χ1) is 15.7. The molecule has 2 aromatic rings. The van der Waals surface area contributed by atoms with E-state index < -0.39 is 28.6 Å². The Morgan fingerprint density at radius 1 is 1.27 bits per heavy atom. The van der Waals surface area contributed by atoms with E-state index in [2.05, 4.69) is 6.58 Å². The Labute approximate surface area is 196 Å². The SMILES string of the molecule is C=CCN(OC(=O)c1cc(Oc2ccc(Cl)cc2C)ccc1[N+](=O)[O-])C(C)C(=O)OCCC. The highest BCUT2D eigenvalue weighted by Crippen LogP contribution is 2.31. The van der Waals surface area contributed by atoms with E-state index in [-0.39, 0.29) is 24.5 Å². The monoisotopic (exact) mass is 476 g/mol. The van der Waals surface area contributed by atoms with Crippen molar-refractivity contribution in [1.82, 2.24) is 5.06 Å². The van der Waals surface area contributed by atoms with Crippen LogP contribution in [0.3, 0.4) is 0 Å². The second kappa shape index (κ2) is 12.0. The predicted molar refractivity (Wildman–Crippen MR) is 122 cm³/mol. The van der Waals surface area contributed by atoms with E-state index >= 15 is 0 Å². The number of nitro groups is 1. The number of aryl methyl sites for hydroxylation is 1. The van der Waals surface area contributed by atoms with Crippen molar-refractivity contribution in [2.45, 2.75) is 33.2 Å². The number of hydrogen-bond acceptors (Lipinski definition) is 8. The van der Waals surface area contributed by atoms with Crippen LogP contribution in [0, 0.1) is 17.0 Å². The summed E-state index contributed by atoms with van der Waals surface area (Å²) in [6.45, 7) is 8.93. The minimum absolute atomic E-state index is 0.00207. The minimum atomic E-state index is -1.03. The molecular weight excluding hydrogens is 452 g/mol. The molecule has 33 heavy (non-hydrogen) atoms. The van der Waals surface area contributed by atoms with Crippen molar-refractivity contribution >= 4 is 29.2 Å². The Morgan fingerprint density at radius 3 is 2.61 bits per heavy atom. The van der Waals surface area contributed by atoms with Gasteiger partial charge in [-0.3, -0.25) is 14.9 Å². The Bertz CT molecular complexity index is 1040. The van der Waals surface area contributed by atoms with Crippen LogP contribution in [-0.4, -0.2) is 41.1 Å². The first kappa shape index (κ1) is 25.8. The molecule has 0 saturated heterocycles. The molecule has 0 amide bonds. The summed E-state index contributed by atoms with van der Waals surface area (Å²) in [5.41, 5.74) is -0.0752. The van der Waals surface area contributed by atoms with Gasteiger partial charge in [0.1, 0.15) is 23.1 Å². The third-order valence-corrected chi connectivity index (χ3v) is 4.72. The molecule has 176 valence electrons. The van der Waals surface area contributed by atoms with E-state index in [1.54, 1.807) is 25.1 Å². The minimum Gasteiger partial charge on any atom is -0.464 e. The molecule has 1 atom stereocenters. The maximum absolute atomic E-state index is 12.9. The summed E-state index contributed by atoms with van der Waals surface area (Å²) in [6, 6.07) is 7.75. The molecular formula is C23H25ClN2O7. The van der Waals surface area contributed by atoms with Gasteiger partial charge >= 0.3 is 11.9 Å². The second-order valence-electron chi connectivity index (χ2n) is 7.06. The first-order valence-electron chi connectivity index (χ1n) is 10.2. The fraction of sp³-hybridized carbons (Fsp3) is 0.304. The summed E-state index contributed by atoms with van der Waals surface area (Å²) in [4.78, 5) is 41.2. The molecule has 9 nitrogen and oxygen atoms in total. The van der Waals surface area contributed by atoms with Crippen molar-refractivity contribution in [2.75, 3.05) is 13.2 Å². The van der Waals surface area contributed by atoms with E-state index in [0.717, 1.165) is 16.7 Å². The van der Waals surface area contributed by atoms with Crippen molar-refractivity contribution in [3.05, 3.63) is 75.3 Å². The molecule has 0 fully saturated rings. The molecule has 0 radical (unpaired) electrons. The molecule has 2 aromatic carbocycles. The fourth-order valence-corrected chi connectivity index (χ4v) is 2.98. The molecule has 0 spiro atoms. The van der Waals surface area contributed by atoms with Gasteiger partial charge in [0.15, 0.2) is 0 Å². The predicted octanol–water partition coefficient (Wildman–Crippen LogP) is 5.25. The molecule has 0 aliphatic heterocycles. The van der Waals surface area contributed by atoms with Crippen LogP contribution < -0.4 is 4.74 Å². The Morgan fingerprint density at radius 2 is 2.00 bits per heavy atom. The van der Waals surface area contributed by atoms with Crippen molar-refractivity contribution in [3.8, 4) is 11.5 Å². The van der Waals surface area contributed by atoms with E-state index in [1.165, 1.54) is 25.1 Å². The number of hydroxylamine groups is 2. The molecule has 0 aliphatic carbocycles. The zero-order chi connectivity index (χ0) is 24.5. The van der Waals surface area contributed by atoms with Crippen LogP contribution in [-0.2, 0) is 14.4 Å². The van der Waals surface area contributed by atoms with Crippen LogP contribution in [0.5, 0.6) is 11.5 Å². The summed E-state index contributed by atoms with van der Waals surface area (Å²) in [5.74, 6) is -0.981. The molecule has 1 unspecified atom stereocenters. The largest absolute Gasteiger partial charge is 0.464 e. The smallest absolute Gasteiger partial charge is 0.364 e. The molecule has 10 heteroatoms. The van der Waals surface area contributed by atoms with Crippen molar-refractivity contribution in [1.29, 1.82) is 0 Å². The van der Waals surface area contributed by atoms with Gasteiger partial charge in [-0.05, 0) is 50.1 Å². The quantitative estimate of drug-likeness (QED) is 0.187. The normalized spacial score (nSPS) is 11.5. The lowest BCUT2D eigenvalue weighted by Gasteiger charge is -2.24. The van der Waals surface area contributed by atoms with Gasteiger partial charge in [0.05, 0.1) is 18.1 Å². The molecule has 0 saturated carbocycles. The van der Waals surface area contributed by atoms with Crippen LogP contribution >= 0.6 is 11.6 Å². The number of benzene rings is 2. The van der Waals surface area contributed by atoms with Crippen LogP contribution in [0.15, 0.2) is 49.1 Å². The number of halogens is 1. The number of carbonyl (C=O) groups is 2. The highest BCUT2D eigenvalue weighted by Gasteiger charge is 2.29. The Kier molecular flexibility index (Phi) is 9.38. The lowest BCUT2D eigenvalue weighted by atomic mass is 10.1. The second-order valence-corrected chi connectivity index (χ2v) is 7.49. The van der Waals surface area contributed by atoms with Crippen LogP contribution in [0.4, 0.5) is 5.69 Å². The van der Waals surface area contributed by atoms with Crippen molar-refractivity contribution in [2.24, 2.45) is 0 Å².